The first kappa shape index (κ1) is 16.5. The summed E-state index contributed by atoms with van der Waals surface area (Å²) in [7, 11) is 2.23. The standard InChI is InChI=1S/C16H24Br2N2/c1-11-4-3-5-13(8-11)20(2)16(10-19)12-6-7-14(17)15(18)9-12/h6-7,9,11,13,16H,3-5,8,10,19H2,1-2H3. The Morgan fingerprint density at radius 3 is 2.65 bits per heavy atom. The van der Waals surface area contributed by atoms with Gasteiger partial charge in [0.25, 0.3) is 0 Å². The van der Waals surface area contributed by atoms with Gasteiger partial charge in [-0.25, -0.2) is 0 Å². The third-order valence-electron chi connectivity index (χ3n) is 4.53. The van der Waals surface area contributed by atoms with Crippen molar-refractivity contribution in [2.24, 2.45) is 11.7 Å². The summed E-state index contributed by atoms with van der Waals surface area (Å²) in [5, 5.41) is 0. The molecule has 112 valence electrons. The Hall–Kier alpha value is 0.1000. The zero-order valence-corrected chi connectivity index (χ0v) is 15.5. The molecule has 1 saturated carbocycles. The molecular weight excluding hydrogens is 380 g/mol. The highest BCUT2D eigenvalue weighted by atomic mass is 79.9. The van der Waals surface area contributed by atoms with E-state index in [0.717, 1.165) is 14.9 Å². The van der Waals surface area contributed by atoms with Crippen LogP contribution in [0.1, 0.15) is 44.2 Å². The van der Waals surface area contributed by atoms with Crippen molar-refractivity contribution in [2.45, 2.75) is 44.7 Å². The van der Waals surface area contributed by atoms with Crippen LogP contribution < -0.4 is 5.73 Å². The van der Waals surface area contributed by atoms with Gasteiger partial charge in [0.05, 0.1) is 0 Å². The molecule has 2 N–H and O–H groups in total. The fraction of sp³-hybridized carbons (Fsp3) is 0.625. The van der Waals surface area contributed by atoms with Gasteiger partial charge in [0.1, 0.15) is 0 Å². The Labute approximate surface area is 139 Å². The van der Waals surface area contributed by atoms with Crippen molar-refractivity contribution >= 4 is 31.9 Å². The van der Waals surface area contributed by atoms with E-state index in [1.54, 1.807) is 0 Å². The van der Waals surface area contributed by atoms with Gasteiger partial charge in [0.15, 0.2) is 0 Å². The van der Waals surface area contributed by atoms with Gasteiger partial charge in [-0.3, -0.25) is 4.90 Å². The van der Waals surface area contributed by atoms with E-state index in [4.69, 9.17) is 5.73 Å². The number of rotatable bonds is 4. The summed E-state index contributed by atoms with van der Waals surface area (Å²) in [6.07, 6.45) is 5.32. The minimum absolute atomic E-state index is 0.301. The Bertz CT molecular complexity index is 450. The van der Waals surface area contributed by atoms with E-state index in [-0.39, 0.29) is 0 Å². The molecule has 0 heterocycles. The van der Waals surface area contributed by atoms with Crippen molar-refractivity contribution in [3.05, 3.63) is 32.7 Å². The summed E-state index contributed by atoms with van der Waals surface area (Å²) in [5.74, 6) is 0.839. The Morgan fingerprint density at radius 2 is 2.05 bits per heavy atom. The van der Waals surface area contributed by atoms with Crippen molar-refractivity contribution in [2.75, 3.05) is 13.6 Å². The fourth-order valence-corrected chi connectivity index (χ4v) is 3.93. The number of nitrogens with zero attached hydrogens (tertiary/aromatic N) is 1. The van der Waals surface area contributed by atoms with Crippen LogP contribution in [0.3, 0.4) is 0 Å². The number of halogens is 2. The van der Waals surface area contributed by atoms with Crippen LogP contribution in [0.25, 0.3) is 0 Å². The lowest BCUT2D eigenvalue weighted by Crippen LogP contribution is -2.41. The van der Waals surface area contributed by atoms with Crippen molar-refractivity contribution in [1.82, 2.24) is 4.90 Å². The van der Waals surface area contributed by atoms with E-state index in [9.17, 15) is 0 Å². The normalized spacial score (nSPS) is 24.9. The number of benzene rings is 1. The monoisotopic (exact) mass is 402 g/mol. The van der Waals surface area contributed by atoms with Gasteiger partial charge in [-0.2, -0.15) is 0 Å². The number of likely N-dealkylation sites (N-methyl/N-ethyl adjacent to an activating group) is 1. The predicted molar refractivity (Wildman–Crippen MR) is 92.8 cm³/mol. The predicted octanol–water partition coefficient (Wildman–Crippen LogP) is 4.72. The SMILES string of the molecule is CC1CCCC(N(C)C(CN)c2ccc(Br)c(Br)c2)C1. The molecule has 1 aliphatic carbocycles. The van der Waals surface area contributed by atoms with Crippen LogP contribution in [-0.4, -0.2) is 24.5 Å². The average molecular weight is 404 g/mol. The third-order valence-corrected chi connectivity index (χ3v) is 6.41. The van der Waals surface area contributed by atoms with Gasteiger partial charge in [-0.15, -0.1) is 0 Å². The van der Waals surface area contributed by atoms with Gasteiger partial charge in [-0.1, -0.05) is 25.8 Å². The van der Waals surface area contributed by atoms with E-state index in [0.29, 0.717) is 18.6 Å². The summed E-state index contributed by atoms with van der Waals surface area (Å²) in [6.45, 7) is 3.03. The first-order valence-electron chi connectivity index (χ1n) is 7.40. The molecule has 20 heavy (non-hydrogen) atoms. The van der Waals surface area contributed by atoms with Crippen LogP contribution in [0.4, 0.5) is 0 Å². The summed E-state index contributed by atoms with van der Waals surface area (Å²) in [4.78, 5) is 2.49. The molecular formula is C16H24Br2N2. The molecule has 1 fully saturated rings. The molecule has 0 spiro atoms. The largest absolute Gasteiger partial charge is 0.329 e. The van der Waals surface area contributed by atoms with Gasteiger partial charge in [0.2, 0.25) is 0 Å². The first-order valence-corrected chi connectivity index (χ1v) is 8.98. The van der Waals surface area contributed by atoms with Crippen molar-refractivity contribution < 1.29 is 0 Å². The van der Waals surface area contributed by atoms with Crippen LogP contribution in [0.5, 0.6) is 0 Å². The second kappa shape index (κ2) is 7.39. The fourth-order valence-electron chi connectivity index (χ4n) is 3.28. The number of hydrogen-bond acceptors (Lipinski definition) is 2. The van der Waals surface area contributed by atoms with E-state index < -0.39 is 0 Å². The van der Waals surface area contributed by atoms with Crippen molar-refractivity contribution in [1.29, 1.82) is 0 Å². The number of nitrogens with two attached hydrogens (primary N) is 1. The molecule has 1 aromatic carbocycles. The van der Waals surface area contributed by atoms with Gasteiger partial charge in [0, 0.05) is 27.6 Å². The molecule has 2 rings (SSSR count). The molecule has 0 aliphatic heterocycles. The highest BCUT2D eigenvalue weighted by molar-refractivity contribution is 9.13. The zero-order chi connectivity index (χ0) is 14.7. The Morgan fingerprint density at radius 1 is 1.30 bits per heavy atom. The lowest BCUT2D eigenvalue weighted by atomic mass is 9.85. The highest BCUT2D eigenvalue weighted by Crippen LogP contribution is 2.33. The Kier molecular flexibility index (Phi) is 6.09. The molecule has 0 radical (unpaired) electrons. The van der Waals surface area contributed by atoms with Gasteiger partial charge in [-0.05, 0) is 75.4 Å². The maximum absolute atomic E-state index is 6.07. The van der Waals surface area contributed by atoms with Crippen LogP contribution in [0.15, 0.2) is 27.1 Å². The molecule has 3 atom stereocenters. The smallest absolute Gasteiger partial charge is 0.0470 e. The quantitative estimate of drug-likeness (QED) is 0.787. The zero-order valence-electron chi connectivity index (χ0n) is 12.3. The number of hydrogen-bond donors (Lipinski definition) is 1. The molecule has 0 saturated heterocycles. The minimum Gasteiger partial charge on any atom is -0.329 e. The molecule has 0 bridgehead atoms. The maximum Gasteiger partial charge on any atom is 0.0470 e. The van der Waals surface area contributed by atoms with Crippen LogP contribution in [0.2, 0.25) is 0 Å². The summed E-state index contributed by atoms with van der Waals surface area (Å²) < 4.78 is 2.19. The molecule has 0 amide bonds. The van der Waals surface area contributed by atoms with Crippen LogP contribution >= 0.6 is 31.9 Å². The maximum atomic E-state index is 6.07. The molecule has 4 heteroatoms. The van der Waals surface area contributed by atoms with Crippen LogP contribution in [-0.2, 0) is 0 Å². The second-order valence-corrected chi connectivity index (χ2v) is 7.72. The molecule has 1 aliphatic rings. The lowest BCUT2D eigenvalue weighted by molar-refractivity contribution is 0.121. The average Bonchev–Trinajstić information content (AvgIpc) is 2.43. The highest BCUT2D eigenvalue weighted by Gasteiger charge is 2.27. The molecule has 0 aromatic heterocycles. The lowest BCUT2D eigenvalue weighted by Gasteiger charge is -2.39. The molecule has 3 unspecified atom stereocenters. The van der Waals surface area contributed by atoms with E-state index in [2.05, 4.69) is 68.9 Å². The van der Waals surface area contributed by atoms with Crippen molar-refractivity contribution in [3.8, 4) is 0 Å². The minimum atomic E-state index is 0.301. The summed E-state index contributed by atoms with van der Waals surface area (Å²) in [5.41, 5.74) is 7.36. The second-order valence-electron chi connectivity index (χ2n) is 6.02. The molecule has 2 nitrogen and oxygen atoms in total. The van der Waals surface area contributed by atoms with E-state index >= 15 is 0 Å². The Balaban J connectivity index is 2.15. The summed E-state index contributed by atoms with van der Waals surface area (Å²) in [6, 6.07) is 7.42. The van der Waals surface area contributed by atoms with E-state index in [1.165, 1.54) is 31.2 Å². The summed E-state index contributed by atoms with van der Waals surface area (Å²) >= 11 is 7.12. The van der Waals surface area contributed by atoms with Crippen molar-refractivity contribution in [3.63, 3.8) is 0 Å². The molecule has 1 aromatic rings. The van der Waals surface area contributed by atoms with E-state index in [1.807, 2.05) is 0 Å². The van der Waals surface area contributed by atoms with Gasteiger partial charge >= 0.3 is 0 Å². The van der Waals surface area contributed by atoms with Crippen LogP contribution in [0, 0.1) is 5.92 Å². The topological polar surface area (TPSA) is 29.3 Å². The third kappa shape index (κ3) is 3.85. The van der Waals surface area contributed by atoms with Gasteiger partial charge < -0.3 is 5.73 Å². The first-order chi connectivity index (χ1) is 9.52.